The maximum Gasteiger partial charge on any atom is 0.252 e. The molecule has 1 atom stereocenters. The third-order valence-corrected chi connectivity index (χ3v) is 30.1. The number of aliphatic hydroxyl groups is 1. The third kappa shape index (κ3) is 20.9. The molecule has 1 amide bonds. The lowest BCUT2D eigenvalue weighted by Gasteiger charge is -2.26. The van der Waals surface area contributed by atoms with Gasteiger partial charge >= 0.3 is 0 Å². The lowest BCUT2D eigenvalue weighted by molar-refractivity contribution is 0.0917. The molecule has 0 unspecified atom stereocenters. The molecule has 0 bridgehead atoms. The van der Waals surface area contributed by atoms with E-state index in [1.165, 1.54) is 63.7 Å². The summed E-state index contributed by atoms with van der Waals surface area (Å²) in [5.41, 5.74) is 8.50. The van der Waals surface area contributed by atoms with Gasteiger partial charge < -0.3 is 29.6 Å². The van der Waals surface area contributed by atoms with Crippen LogP contribution in [0.25, 0.3) is 33.2 Å². The highest BCUT2D eigenvalue weighted by Crippen LogP contribution is 2.50. The highest BCUT2D eigenvalue weighted by atomic mass is 31.1. The highest BCUT2D eigenvalue weighted by molar-refractivity contribution is 7.81. The number of H-pyrrole nitrogens is 1. The normalized spacial score (nSPS) is 11.4. The Balaban J connectivity index is 0.000000128. The summed E-state index contributed by atoms with van der Waals surface area (Å²) in [6, 6.07) is 153. The minimum Gasteiger partial charge on any atom is -0.493 e. The van der Waals surface area contributed by atoms with Crippen molar-refractivity contribution >= 4 is 112 Å². The largest absolute Gasteiger partial charge is 0.493 e. The van der Waals surface area contributed by atoms with Gasteiger partial charge in [0.05, 0.1) is 34.0 Å². The van der Waals surface area contributed by atoms with Crippen molar-refractivity contribution in [3.05, 3.63) is 465 Å². The minimum atomic E-state index is -0.465. The number of para-hydroxylation sites is 1. The van der Waals surface area contributed by atoms with Gasteiger partial charge in [-0.05, 0) is 172 Å². The van der Waals surface area contributed by atoms with Gasteiger partial charge in [-0.15, -0.1) is 0 Å². The zero-order valence-electron chi connectivity index (χ0n) is 66.4. The van der Waals surface area contributed by atoms with Gasteiger partial charge in [0.25, 0.3) is 5.91 Å². The molecule has 18 rings (SSSR count). The fourth-order valence-corrected chi connectivity index (χ4v) is 24.0. The Labute approximate surface area is 699 Å². The van der Waals surface area contributed by atoms with Gasteiger partial charge in [0.1, 0.15) is 0 Å². The average molecular weight is 1610 g/mol. The number of fused-ring (bicyclic) bond motifs is 4. The van der Waals surface area contributed by atoms with Gasteiger partial charge in [-0.25, -0.2) is 0 Å². The van der Waals surface area contributed by atoms with E-state index in [4.69, 9.17) is 14.2 Å². The molecule has 1 heterocycles. The molecule has 1 aromatic heterocycles. The molecule has 0 saturated heterocycles. The number of aryl methyl sites for hydroxylation is 1. The van der Waals surface area contributed by atoms with E-state index in [0.29, 0.717) is 29.2 Å². The fraction of sp³-hybridized carbons (Fsp3) is 0.0748. The number of hydrogen-bond acceptors (Lipinski definition) is 5. The van der Waals surface area contributed by atoms with E-state index in [-0.39, 0.29) is 12.5 Å². The van der Waals surface area contributed by atoms with Crippen LogP contribution in [0.3, 0.4) is 0 Å². The highest BCUT2D eigenvalue weighted by Gasteiger charge is 2.30. The molecule has 0 radical (unpaired) electrons. The van der Waals surface area contributed by atoms with Crippen LogP contribution in [0.5, 0.6) is 17.2 Å². The SMILES string of the molecule is COc1cc2c(c(OC)c1OC)CCc1cc(-c3ccccc3)c(C(=O)N[C@@H](CO)Cc3c[nH]c4ccccc34)cc1-2.c1ccc(P(c2ccccc2)c2ccccc2)cc1.c1ccc(P(c2ccccc2)c2ccccc2)cc1.c1ccc(P(c2ccccc2)c2ccccc2)cc1.c1ccc(P(c2ccccc2)c2ccccc2)cc1. The van der Waals surface area contributed by atoms with Gasteiger partial charge in [-0.3, -0.25) is 4.79 Å². The second kappa shape index (κ2) is 42.5. The maximum absolute atomic E-state index is 14.0. The van der Waals surface area contributed by atoms with Crippen molar-refractivity contribution in [2.45, 2.75) is 25.3 Å². The Morgan fingerprint density at radius 1 is 0.339 bits per heavy atom. The van der Waals surface area contributed by atoms with Crippen LogP contribution in [0.2, 0.25) is 0 Å². The average Bonchev–Trinajstić information content (AvgIpc) is 1.01. The van der Waals surface area contributed by atoms with Gasteiger partial charge in [0, 0.05) is 28.2 Å². The standard InChI is InChI=1S/C35H34N2O5.4C18H15P/c1-40-32-18-29-26(33(41-2)34(32)42-3)14-13-22-16-27(21-9-5-4-6-10-21)30(17-28(22)29)35(39)37-24(20-38)15-23-19-36-31-12-8-7-11-25(23)31;4*1-4-10-16(11-5-1)19(17-12-6-2-7-13-17)18-14-8-3-9-15-18/h4-12,16-19,24,36,38H,13-15,20H2,1-3H3,(H,37,39);4*1-15H/t24-;;;;/m1..../s1. The summed E-state index contributed by atoms with van der Waals surface area (Å²) in [7, 11) is 3.06. The molecular formula is C107H94N2O5P4. The first-order chi connectivity index (χ1) is 58.4. The van der Waals surface area contributed by atoms with E-state index in [9.17, 15) is 9.90 Å². The predicted molar refractivity (Wildman–Crippen MR) is 505 cm³/mol. The summed E-state index contributed by atoms with van der Waals surface area (Å²) in [5.74, 6) is 1.53. The molecule has 118 heavy (non-hydrogen) atoms. The van der Waals surface area contributed by atoms with Crippen LogP contribution < -0.4 is 83.2 Å². The van der Waals surface area contributed by atoms with Crippen molar-refractivity contribution in [1.29, 1.82) is 0 Å². The molecule has 1 aliphatic rings. The maximum atomic E-state index is 14.0. The number of aromatic amines is 1. The Morgan fingerprint density at radius 3 is 0.932 bits per heavy atom. The lowest BCUT2D eigenvalue weighted by atomic mass is 9.81. The van der Waals surface area contributed by atoms with Crippen molar-refractivity contribution in [1.82, 2.24) is 10.3 Å². The number of methoxy groups -OCH3 is 3. The summed E-state index contributed by atoms with van der Waals surface area (Å²) in [4.78, 5) is 17.3. The van der Waals surface area contributed by atoms with Crippen LogP contribution >= 0.6 is 31.7 Å². The Kier molecular flexibility index (Phi) is 29.6. The van der Waals surface area contributed by atoms with Crippen LogP contribution in [0.1, 0.15) is 27.0 Å². The van der Waals surface area contributed by atoms with E-state index in [0.717, 1.165) is 62.7 Å². The molecule has 0 aliphatic heterocycles. The number of ether oxygens (including phenoxy) is 3. The molecule has 0 fully saturated rings. The smallest absolute Gasteiger partial charge is 0.252 e. The summed E-state index contributed by atoms with van der Waals surface area (Å²) in [6.45, 7) is -0.187. The molecule has 17 aromatic rings. The lowest BCUT2D eigenvalue weighted by Crippen LogP contribution is -2.39. The van der Waals surface area contributed by atoms with E-state index in [2.05, 4.69) is 380 Å². The topological polar surface area (TPSA) is 92.8 Å². The van der Waals surface area contributed by atoms with Crippen molar-refractivity contribution < 1.29 is 24.1 Å². The summed E-state index contributed by atoms with van der Waals surface area (Å²) in [6.07, 6.45) is 3.99. The molecule has 11 heteroatoms. The number of aromatic nitrogens is 1. The van der Waals surface area contributed by atoms with Crippen LogP contribution in [0.4, 0.5) is 0 Å². The van der Waals surface area contributed by atoms with Gasteiger partial charge in [-0.2, -0.15) is 0 Å². The van der Waals surface area contributed by atoms with Gasteiger partial charge in [0.15, 0.2) is 11.5 Å². The quantitative estimate of drug-likeness (QED) is 0.0624. The predicted octanol–water partition coefficient (Wildman–Crippen LogP) is 19.7. The van der Waals surface area contributed by atoms with E-state index < -0.39 is 37.7 Å². The molecule has 7 nitrogen and oxygen atoms in total. The first kappa shape index (κ1) is 82.2. The molecular weight excluding hydrogens is 1520 g/mol. The van der Waals surface area contributed by atoms with Gasteiger partial charge in [-0.1, -0.05) is 413 Å². The van der Waals surface area contributed by atoms with E-state index in [1.54, 1.807) is 21.3 Å². The first-order valence-electron chi connectivity index (χ1n) is 39.7. The number of nitrogens with one attached hydrogen (secondary N) is 2. The van der Waals surface area contributed by atoms with Crippen molar-refractivity contribution in [2.75, 3.05) is 27.9 Å². The Hall–Kier alpha value is -12.4. The number of benzene rings is 16. The number of rotatable bonds is 21. The molecule has 16 aromatic carbocycles. The van der Waals surface area contributed by atoms with Crippen LogP contribution in [0, 0.1) is 0 Å². The number of carbonyl (C=O) groups excluding carboxylic acids is 1. The number of carbonyl (C=O) groups is 1. The summed E-state index contributed by atoms with van der Waals surface area (Å²) >= 11 is 0. The number of amides is 1. The van der Waals surface area contributed by atoms with Crippen molar-refractivity contribution in [3.63, 3.8) is 0 Å². The molecule has 0 saturated carbocycles. The molecule has 1 aliphatic carbocycles. The van der Waals surface area contributed by atoms with E-state index in [1.807, 2.05) is 72.9 Å². The van der Waals surface area contributed by atoms with E-state index >= 15 is 0 Å². The Morgan fingerprint density at radius 2 is 0.636 bits per heavy atom. The van der Waals surface area contributed by atoms with Crippen molar-refractivity contribution in [3.8, 4) is 39.5 Å². The van der Waals surface area contributed by atoms with Crippen LogP contribution in [-0.4, -0.2) is 50.0 Å². The zero-order valence-corrected chi connectivity index (χ0v) is 70.0. The Bertz CT molecular complexity index is 5030. The minimum absolute atomic E-state index is 0.187. The zero-order chi connectivity index (χ0) is 80.9. The molecule has 0 spiro atoms. The second-order valence-corrected chi connectivity index (χ2v) is 36.8. The molecule has 3 N–H and O–H groups in total. The second-order valence-electron chi connectivity index (χ2n) is 27.9. The first-order valence-corrected chi connectivity index (χ1v) is 45.0. The van der Waals surface area contributed by atoms with Crippen molar-refractivity contribution in [2.24, 2.45) is 0 Å². The fourth-order valence-electron chi connectivity index (χ4n) is 14.8. The van der Waals surface area contributed by atoms with Gasteiger partial charge in [0.2, 0.25) is 5.75 Å². The summed E-state index contributed by atoms with van der Waals surface area (Å²) in [5, 5.41) is 31.3. The third-order valence-electron chi connectivity index (χ3n) is 20.3. The van der Waals surface area contributed by atoms with Crippen LogP contribution in [-0.2, 0) is 19.3 Å². The molecule has 582 valence electrons. The van der Waals surface area contributed by atoms with Crippen LogP contribution in [0.15, 0.2) is 443 Å². The summed E-state index contributed by atoms with van der Waals surface area (Å²) < 4.78 is 17.1. The number of aliphatic hydroxyl groups excluding tert-OH is 1. The number of hydrogen-bond donors (Lipinski definition) is 3. The monoisotopic (exact) mass is 1610 g/mol.